The van der Waals surface area contributed by atoms with Crippen LogP contribution in [0.1, 0.15) is 27.0 Å². The minimum atomic E-state index is -1.38. The monoisotopic (exact) mass is 463 g/mol. The zero-order chi connectivity index (χ0) is 22.8. The van der Waals surface area contributed by atoms with Crippen molar-refractivity contribution in [1.29, 1.82) is 0 Å². The van der Waals surface area contributed by atoms with Crippen LogP contribution in [0.3, 0.4) is 0 Å². The number of carbonyl (C=O) groups is 1. The zero-order valence-electron chi connectivity index (χ0n) is 17.6. The van der Waals surface area contributed by atoms with Crippen molar-refractivity contribution in [3.63, 3.8) is 0 Å². The Morgan fingerprint density at radius 2 is 1.70 bits per heavy atom. The standard InChI is InChI=1S/C24H18F3NO4.Na/c25-17-6-7-22(32-13-14-4-5-18(26)9-20(14)27)15(8-17)10-28-11-16(12-29)23-19(24(30)31)2-1-3-21(23)28;/h1-9,11,29H,10,12-13H2,(H,30,31);/q;+1/p-1. The Morgan fingerprint density at radius 1 is 0.970 bits per heavy atom. The maximum atomic E-state index is 14.0. The second-order valence-electron chi connectivity index (χ2n) is 7.20. The van der Waals surface area contributed by atoms with E-state index in [9.17, 15) is 28.2 Å². The van der Waals surface area contributed by atoms with Crippen LogP contribution < -0.4 is 39.4 Å². The van der Waals surface area contributed by atoms with Gasteiger partial charge in [-0.1, -0.05) is 12.1 Å². The fraction of sp³-hybridized carbons (Fsp3) is 0.125. The summed E-state index contributed by atoms with van der Waals surface area (Å²) in [5.41, 5.74) is 1.37. The summed E-state index contributed by atoms with van der Waals surface area (Å²) in [6, 6.07) is 11.6. The molecule has 0 aliphatic rings. The fourth-order valence-electron chi connectivity index (χ4n) is 3.65. The van der Waals surface area contributed by atoms with Gasteiger partial charge in [0.25, 0.3) is 0 Å². The van der Waals surface area contributed by atoms with Crippen LogP contribution in [0.25, 0.3) is 10.9 Å². The molecule has 0 radical (unpaired) electrons. The average Bonchev–Trinajstić information content (AvgIpc) is 3.12. The number of fused-ring (bicyclic) bond motifs is 1. The number of aromatic nitrogens is 1. The molecular weight excluding hydrogens is 446 g/mol. The van der Waals surface area contributed by atoms with E-state index in [0.717, 1.165) is 12.1 Å². The van der Waals surface area contributed by atoms with Crippen LogP contribution in [0.15, 0.2) is 60.8 Å². The Bertz CT molecular complexity index is 1320. The number of halogens is 3. The van der Waals surface area contributed by atoms with E-state index in [-0.39, 0.29) is 59.6 Å². The van der Waals surface area contributed by atoms with Gasteiger partial charge < -0.3 is 24.3 Å². The van der Waals surface area contributed by atoms with E-state index in [1.165, 1.54) is 30.3 Å². The van der Waals surface area contributed by atoms with Crippen molar-refractivity contribution in [2.75, 3.05) is 0 Å². The van der Waals surface area contributed by atoms with E-state index in [1.807, 2.05) is 0 Å². The van der Waals surface area contributed by atoms with Gasteiger partial charge in [0.15, 0.2) is 0 Å². The third-order valence-electron chi connectivity index (χ3n) is 5.14. The molecule has 1 heterocycles. The van der Waals surface area contributed by atoms with Crippen molar-refractivity contribution in [3.05, 3.63) is 100 Å². The molecular formula is C24H17F3NNaO4. The first kappa shape index (κ1) is 24.9. The van der Waals surface area contributed by atoms with Crippen LogP contribution in [0.2, 0.25) is 0 Å². The molecule has 9 heteroatoms. The summed E-state index contributed by atoms with van der Waals surface area (Å²) in [6.45, 7) is -0.510. The van der Waals surface area contributed by atoms with Crippen molar-refractivity contribution in [2.45, 2.75) is 19.8 Å². The summed E-state index contributed by atoms with van der Waals surface area (Å²) >= 11 is 0. The molecule has 3 aromatic carbocycles. The number of nitrogens with zero attached hydrogens (tertiary/aromatic N) is 1. The molecule has 0 saturated carbocycles. The van der Waals surface area contributed by atoms with Crippen LogP contribution in [0.4, 0.5) is 13.2 Å². The Labute approximate surface area is 209 Å². The third-order valence-corrected chi connectivity index (χ3v) is 5.14. The second kappa shape index (κ2) is 10.4. The Balaban J connectivity index is 0.00000306. The number of carboxylic acid groups (broad SMARTS) is 1. The number of carboxylic acids is 1. The van der Waals surface area contributed by atoms with Crippen molar-refractivity contribution < 1.29 is 62.5 Å². The summed E-state index contributed by atoms with van der Waals surface area (Å²) < 4.78 is 48.4. The van der Waals surface area contributed by atoms with Crippen molar-refractivity contribution >= 4 is 16.9 Å². The van der Waals surface area contributed by atoms with Gasteiger partial charge in [-0.15, -0.1) is 0 Å². The number of aliphatic hydroxyl groups excluding tert-OH is 1. The molecule has 33 heavy (non-hydrogen) atoms. The molecule has 0 saturated heterocycles. The van der Waals surface area contributed by atoms with Gasteiger partial charge in [-0.2, -0.15) is 0 Å². The molecule has 0 bridgehead atoms. The van der Waals surface area contributed by atoms with Crippen LogP contribution in [0.5, 0.6) is 5.75 Å². The number of benzene rings is 3. The summed E-state index contributed by atoms with van der Waals surface area (Å²) in [4.78, 5) is 11.5. The summed E-state index contributed by atoms with van der Waals surface area (Å²) in [5, 5.41) is 21.5. The van der Waals surface area contributed by atoms with Crippen LogP contribution in [0, 0.1) is 17.5 Å². The molecule has 0 spiro atoms. The van der Waals surface area contributed by atoms with Gasteiger partial charge in [0, 0.05) is 45.4 Å². The Morgan fingerprint density at radius 3 is 2.39 bits per heavy atom. The maximum Gasteiger partial charge on any atom is 1.00 e. The van der Waals surface area contributed by atoms with E-state index < -0.39 is 30.0 Å². The average molecular weight is 463 g/mol. The largest absolute Gasteiger partial charge is 1.00 e. The summed E-state index contributed by atoms with van der Waals surface area (Å²) in [7, 11) is 0. The van der Waals surface area contributed by atoms with Crippen LogP contribution in [-0.2, 0) is 19.8 Å². The first-order valence-electron chi connectivity index (χ1n) is 9.65. The van der Waals surface area contributed by atoms with Gasteiger partial charge in [-0.05, 0) is 36.4 Å². The molecule has 4 aromatic rings. The molecule has 0 amide bonds. The molecule has 164 valence electrons. The smallest absolute Gasteiger partial charge is 0.545 e. The number of carbonyl (C=O) groups excluding carboxylic acids is 1. The minimum Gasteiger partial charge on any atom is -0.545 e. The van der Waals surface area contributed by atoms with E-state index in [0.29, 0.717) is 22.0 Å². The van der Waals surface area contributed by atoms with E-state index in [2.05, 4.69) is 0 Å². The number of aromatic carboxylic acids is 1. The predicted molar refractivity (Wildman–Crippen MR) is 108 cm³/mol. The first-order valence-corrected chi connectivity index (χ1v) is 9.65. The molecule has 5 nitrogen and oxygen atoms in total. The van der Waals surface area contributed by atoms with Gasteiger partial charge in [0.05, 0.1) is 19.1 Å². The molecule has 0 aliphatic heterocycles. The van der Waals surface area contributed by atoms with E-state index >= 15 is 0 Å². The van der Waals surface area contributed by atoms with Crippen LogP contribution >= 0.6 is 0 Å². The molecule has 1 aromatic heterocycles. The van der Waals surface area contributed by atoms with Gasteiger partial charge in [0.1, 0.15) is 29.8 Å². The van der Waals surface area contributed by atoms with Crippen molar-refractivity contribution in [1.82, 2.24) is 4.57 Å². The summed E-state index contributed by atoms with van der Waals surface area (Å²) in [6.07, 6.45) is 1.57. The molecule has 0 aliphatic carbocycles. The fourth-order valence-corrected chi connectivity index (χ4v) is 3.65. The molecule has 4 rings (SSSR count). The molecule has 0 unspecified atom stereocenters. The number of rotatable bonds is 7. The number of aliphatic hydroxyl groups is 1. The SMILES string of the molecule is O=C([O-])c1cccc2c1c(CO)cn2Cc1cc(F)ccc1OCc1ccc(F)cc1F.[Na+]. The van der Waals surface area contributed by atoms with Gasteiger partial charge >= 0.3 is 29.6 Å². The second-order valence-corrected chi connectivity index (χ2v) is 7.20. The third kappa shape index (κ3) is 5.25. The number of hydrogen-bond donors (Lipinski definition) is 1. The normalized spacial score (nSPS) is 10.8. The molecule has 0 atom stereocenters. The molecule has 1 N–H and O–H groups in total. The van der Waals surface area contributed by atoms with E-state index in [4.69, 9.17) is 4.74 Å². The summed E-state index contributed by atoms with van der Waals surface area (Å²) in [5.74, 6) is -3.08. The topological polar surface area (TPSA) is 74.5 Å². The van der Waals surface area contributed by atoms with E-state index in [1.54, 1.807) is 22.9 Å². The maximum absolute atomic E-state index is 14.0. The van der Waals surface area contributed by atoms with Crippen molar-refractivity contribution in [2.24, 2.45) is 0 Å². The predicted octanol–water partition coefficient (Wildman–Crippen LogP) is 0.546. The molecule has 0 fully saturated rings. The van der Waals surface area contributed by atoms with Gasteiger partial charge in [0.2, 0.25) is 0 Å². The minimum absolute atomic E-state index is 0. The zero-order valence-corrected chi connectivity index (χ0v) is 19.6. The first-order chi connectivity index (χ1) is 15.4. The number of ether oxygens (including phenoxy) is 1. The Hall–Kier alpha value is -2.78. The quantitative estimate of drug-likeness (QED) is 0.407. The number of hydrogen-bond acceptors (Lipinski definition) is 4. The van der Waals surface area contributed by atoms with Crippen LogP contribution in [-0.4, -0.2) is 15.6 Å². The Kier molecular flexibility index (Phi) is 7.86. The van der Waals surface area contributed by atoms with Crippen molar-refractivity contribution in [3.8, 4) is 5.75 Å². The van der Waals surface area contributed by atoms with Gasteiger partial charge in [-0.25, -0.2) is 13.2 Å². The van der Waals surface area contributed by atoms with Gasteiger partial charge in [-0.3, -0.25) is 0 Å².